The second-order valence-electron chi connectivity index (χ2n) is 9.07. The number of rotatable bonds is 9. The Bertz CT molecular complexity index is 1120. The molecule has 0 spiro atoms. The zero-order valence-corrected chi connectivity index (χ0v) is 20.6. The highest BCUT2D eigenvalue weighted by Crippen LogP contribution is 2.75. The Balaban J connectivity index is 1.67. The molecule has 1 unspecified atom stereocenters. The molecule has 1 aromatic heterocycles. The molecule has 1 aromatic carbocycles. The molecule has 10 heteroatoms. The van der Waals surface area contributed by atoms with E-state index in [4.69, 9.17) is 39.5 Å². The van der Waals surface area contributed by atoms with E-state index >= 15 is 0 Å². The van der Waals surface area contributed by atoms with E-state index in [1.807, 2.05) is 0 Å². The molecule has 2 aromatic rings. The van der Waals surface area contributed by atoms with Crippen LogP contribution in [0.15, 0.2) is 36.5 Å². The van der Waals surface area contributed by atoms with Crippen LogP contribution in [-0.2, 0) is 32.1 Å². The van der Waals surface area contributed by atoms with Gasteiger partial charge in [-0.3, -0.25) is 19.4 Å². The van der Waals surface area contributed by atoms with E-state index < -0.39 is 28.6 Å². The summed E-state index contributed by atoms with van der Waals surface area (Å²) in [6.45, 7) is 0.114. The van der Waals surface area contributed by atoms with Crippen LogP contribution in [0, 0.1) is 16.6 Å². The molecular formula is C24H22Cl3FN2O4. The number of esters is 1. The number of hydrogen-bond donors (Lipinski definition) is 0. The lowest BCUT2D eigenvalue weighted by molar-refractivity contribution is -0.244. The first-order valence-corrected chi connectivity index (χ1v) is 11.9. The summed E-state index contributed by atoms with van der Waals surface area (Å²) in [5.74, 6) is -2.16. The van der Waals surface area contributed by atoms with Gasteiger partial charge in [0.1, 0.15) is 11.7 Å². The van der Waals surface area contributed by atoms with E-state index in [0.717, 1.165) is 11.6 Å². The molecule has 1 heterocycles. The number of alkyl halides is 1. The fraction of sp³-hybridized carbons (Fsp3) is 0.417. The molecule has 1 atom stereocenters. The van der Waals surface area contributed by atoms with E-state index in [2.05, 4.69) is 4.98 Å². The van der Waals surface area contributed by atoms with Crippen LogP contribution in [0.5, 0.6) is 0 Å². The van der Waals surface area contributed by atoms with Crippen molar-refractivity contribution in [2.45, 2.75) is 38.3 Å². The fourth-order valence-corrected chi connectivity index (χ4v) is 5.88. The Morgan fingerprint density at radius 3 is 2.35 bits per heavy atom. The molecule has 34 heavy (non-hydrogen) atoms. The van der Waals surface area contributed by atoms with Crippen LogP contribution in [0.25, 0.3) is 0 Å². The average molecular weight is 528 g/mol. The molecule has 5 rings (SSSR count). The van der Waals surface area contributed by atoms with Gasteiger partial charge in [-0.25, -0.2) is 4.39 Å². The maximum atomic E-state index is 14.4. The van der Waals surface area contributed by atoms with Crippen LogP contribution >= 0.6 is 34.8 Å². The van der Waals surface area contributed by atoms with Gasteiger partial charge in [-0.15, -0.1) is 11.6 Å². The number of benzene rings is 1. The lowest BCUT2D eigenvalue weighted by atomic mass is 9.32. The van der Waals surface area contributed by atoms with Crippen LogP contribution in [0.2, 0.25) is 10.0 Å². The van der Waals surface area contributed by atoms with Crippen molar-refractivity contribution in [3.63, 3.8) is 0 Å². The van der Waals surface area contributed by atoms with Gasteiger partial charge >= 0.3 is 5.97 Å². The Labute approximate surface area is 211 Å². The summed E-state index contributed by atoms with van der Waals surface area (Å²) in [7, 11) is 1.33. The van der Waals surface area contributed by atoms with E-state index in [0.29, 0.717) is 24.3 Å². The van der Waals surface area contributed by atoms with Gasteiger partial charge < -0.3 is 9.64 Å². The van der Waals surface area contributed by atoms with Crippen LogP contribution < -0.4 is 0 Å². The molecule has 180 valence electrons. The summed E-state index contributed by atoms with van der Waals surface area (Å²) in [5.41, 5.74) is -0.542. The molecule has 3 aliphatic rings. The smallest absolute Gasteiger partial charge is 0.311 e. The van der Waals surface area contributed by atoms with Crippen molar-refractivity contribution in [2.75, 3.05) is 13.0 Å². The topological polar surface area (TPSA) is 76.6 Å². The Hall–Kier alpha value is -2.22. The van der Waals surface area contributed by atoms with Crippen LogP contribution in [0.3, 0.4) is 0 Å². The predicted molar refractivity (Wildman–Crippen MR) is 125 cm³/mol. The summed E-state index contributed by atoms with van der Waals surface area (Å²) < 4.78 is 19.4. The number of amides is 1. The molecule has 3 saturated carbocycles. The number of pyridine rings is 1. The minimum Gasteiger partial charge on any atom is -0.469 e. The van der Waals surface area contributed by atoms with Crippen molar-refractivity contribution in [3.05, 3.63) is 63.6 Å². The predicted octanol–water partition coefficient (Wildman–Crippen LogP) is 4.62. The lowest BCUT2D eigenvalue weighted by Crippen LogP contribution is -2.74. The Kier molecular flexibility index (Phi) is 6.91. The molecule has 1 amide bonds. The Morgan fingerprint density at radius 1 is 1.15 bits per heavy atom. The highest BCUT2D eigenvalue weighted by atomic mass is 35.5. The number of Topliss-reactive ketones (excluding diaryl/α,β-unsaturated/α-hetero) is 1. The standard InChI is InChI=1S/C24H22Cl3FN2O4/c1-34-22(33)24-11-23(12-24,13-24)21(19(31)7-18-17(28)6-16(27)9-29-18)30(20(32)8-25)10-14-2-4-15(26)5-3-14/h2-6,9,21H,7-8,10-13H2,1H3. The minimum atomic E-state index is -0.905. The third-order valence-corrected chi connectivity index (χ3v) is 7.50. The number of nitrogens with zero attached hydrogens (tertiary/aromatic N) is 2. The van der Waals surface area contributed by atoms with Crippen LogP contribution in [0.4, 0.5) is 4.39 Å². The van der Waals surface area contributed by atoms with E-state index in [1.54, 1.807) is 24.3 Å². The summed E-state index contributed by atoms with van der Waals surface area (Å²) in [4.78, 5) is 44.3. The third kappa shape index (κ3) is 4.41. The molecule has 6 nitrogen and oxygen atoms in total. The van der Waals surface area contributed by atoms with Crippen molar-refractivity contribution in [2.24, 2.45) is 10.8 Å². The van der Waals surface area contributed by atoms with E-state index in [1.165, 1.54) is 18.2 Å². The average Bonchev–Trinajstić information content (AvgIpc) is 2.76. The molecule has 0 N–H and O–H groups in total. The monoisotopic (exact) mass is 526 g/mol. The summed E-state index contributed by atoms with van der Waals surface area (Å²) in [6, 6.07) is 7.09. The maximum Gasteiger partial charge on any atom is 0.311 e. The van der Waals surface area contributed by atoms with Gasteiger partial charge in [0.05, 0.1) is 35.7 Å². The van der Waals surface area contributed by atoms with Crippen LogP contribution in [-0.4, -0.2) is 46.6 Å². The fourth-order valence-electron chi connectivity index (χ4n) is 5.46. The minimum absolute atomic E-state index is 0.0570. The SMILES string of the molecule is COC(=O)C12CC(C(C(=O)Cc3ncc(Cl)cc3F)N(Cc3ccc(Cl)cc3)C(=O)CCl)(C1)C2. The van der Waals surface area contributed by atoms with Crippen molar-refractivity contribution in [1.82, 2.24) is 9.88 Å². The van der Waals surface area contributed by atoms with E-state index in [9.17, 15) is 18.8 Å². The second-order valence-corrected chi connectivity index (χ2v) is 10.2. The molecule has 3 aliphatic carbocycles. The van der Waals surface area contributed by atoms with Gasteiger partial charge in [-0.2, -0.15) is 0 Å². The Morgan fingerprint density at radius 2 is 1.79 bits per heavy atom. The maximum absolute atomic E-state index is 14.4. The first-order chi connectivity index (χ1) is 16.1. The molecule has 0 radical (unpaired) electrons. The van der Waals surface area contributed by atoms with Gasteiger partial charge in [0.25, 0.3) is 0 Å². The number of ketones is 1. The molecule has 0 aliphatic heterocycles. The number of carbonyl (C=O) groups is 3. The molecular weight excluding hydrogens is 506 g/mol. The zero-order valence-electron chi connectivity index (χ0n) is 18.3. The lowest BCUT2D eigenvalue weighted by Gasteiger charge is -2.71. The van der Waals surface area contributed by atoms with Crippen molar-refractivity contribution >= 4 is 52.5 Å². The second kappa shape index (κ2) is 9.44. The van der Waals surface area contributed by atoms with Gasteiger partial charge in [0.2, 0.25) is 5.91 Å². The molecule has 2 bridgehead atoms. The van der Waals surface area contributed by atoms with Gasteiger partial charge in [-0.05, 0) is 43.0 Å². The van der Waals surface area contributed by atoms with Crippen molar-refractivity contribution in [3.8, 4) is 0 Å². The summed E-state index contributed by atoms with van der Waals surface area (Å²) in [6.07, 6.45) is 2.17. The highest BCUT2D eigenvalue weighted by molar-refractivity contribution is 6.30. The number of aromatic nitrogens is 1. The number of ether oxygens (including phenoxy) is 1. The number of methoxy groups -OCH3 is 1. The molecule has 0 saturated heterocycles. The first kappa shape index (κ1) is 24.9. The summed E-state index contributed by atoms with van der Waals surface area (Å²) >= 11 is 17.7. The summed E-state index contributed by atoms with van der Waals surface area (Å²) in [5, 5.41) is 0.654. The normalized spacial score (nSPS) is 23.3. The largest absolute Gasteiger partial charge is 0.469 e. The molecule has 3 fully saturated rings. The van der Waals surface area contributed by atoms with Crippen molar-refractivity contribution < 1.29 is 23.5 Å². The highest BCUT2D eigenvalue weighted by Gasteiger charge is 2.76. The zero-order chi connectivity index (χ0) is 24.7. The van der Waals surface area contributed by atoms with Crippen LogP contribution in [0.1, 0.15) is 30.5 Å². The van der Waals surface area contributed by atoms with Gasteiger partial charge in [0.15, 0.2) is 5.78 Å². The van der Waals surface area contributed by atoms with E-state index in [-0.39, 0.29) is 41.3 Å². The third-order valence-electron chi connectivity index (χ3n) is 6.81. The number of halogens is 4. The number of carbonyl (C=O) groups excluding carboxylic acids is 3. The van der Waals surface area contributed by atoms with Gasteiger partial charge in [-0.1, -0.05) is 35.3 Å². The van der Waals surface area contributed by atoms with Gasteiger partial charge in [0, 0.05) is 23.2 Å². The first-order valence-electron chi connectivity index (χ1n) is 10.6. The van der Waals surface area contributed by atoms with Crippen molar-refractivity contribution in [1.29, 1.82) is 0 Å². The quantitative estimate of drug-likeness (QED) is 0.351. The number of hydrogen-bond acceptors (Lipinski definition) is 5.